The molecule has 134 valence electrons. The first kappa shape index (κ1) is 17.7. The van der Waals surface area contributed by atoms with E-state index in [1.165, 1.54) is 23.1 Å². The predicted molar refractivity (Wildman–Crippen MR) is 93.8 cm³/mol. The Morgan fingerprint density at radius 3 is 2.69 bits per heavy atom. The van der Waals surface area contributed by atoms with E-state index in [0.29, 0.717) is 25.7 Å². The van der Waals surface area contributed by atoms with E-state index in [1.54, 1.807) is 0 Å². The van der Waals surface area contributed by atoms with Crippen LogP contribution in [0.2, 0.25) is 0 Å². The third-order valence-electron chi connectivity index (χ3n) is 4.40. The molecule has 0 bridgehead atoms. The molecule has 1 heterocycles. The van der Waals surface area contributed by atoms with E-state index in [0.717, 1.165) is 5.56 Å². The summed E-state index contributed by atoms with van der Waals surface area (Å²) in [4.78, 5) is 37.5. The van der Waals surface area contributed by atoms with E-state index in [2.05, 4.69) is 0 Å². The van der Waals surface area contributed by atoms with Gasteiger partial charge in [-0.05, 0) is 36.6 Å². The van der Waals surface area contributed by atoms with E-state index < -0.39 is 17.9 Å². The van der Waals surface area contributed by atoms with Crippen molar-refractivity contribution in [3.8, 4) is 5.75 Å². The van der Waals surface area contributed by atoms with Gasteiger partial charge in [-0.2, -0.15) is 0 Å². The largest absolute Gasteiger partial charge is 0.507 e. The number of phenolic OH excluding ortho intramolecular Hbond substituents is 1. The van der Waals surface area contributed by atoms with Crippen LogP contribution in [0.4, 0.5) is 0 Å². The van der Waals surface area contributed by atoms with Crippen molar-refractivity contribution >= 4 is 18.2 Å². The minimum atomic E-state index is -0.689. The first-order valence-corrected chi connectivity index (χ1v) is 8.40. The van der Waals surface area contributed by atoms with E-state index in [-0.39, 0.29) is 23.5 Å². The van der Waals surface area contributed by atoms with Crippen LogP contribution < -0.4 is 0 Å². The number of likely N-dealkylation sites (tertiary alicyclic amines) is 1. The molecule has 0 unspecified atom stereocenters. The van der Waals surface area contributed by atoms with Gasteiger partial charge in [0.05, 0.1) is 5.56 Å². The first-order valence-electron chi connectivity index (χ1n) is 8.40. The van der Waals surface area contributed by atoms with Crippen LogP contribution >= 0.6 is 0 Å². The minimum absolute atomic E-state index is 0.0114. The number of nitrogens with zero attached hydrogens (tertiary/aromatic N) is 1. The lowest BCUT2D eigenvalue weighted by Crippen LogP contribution is -2.41. The summed E-state index contributed by atoms with van der Waals surface area (Å²) >= 11 is 0. The molecule has 0 spiro atoms. The van der Waals surface area contributed by atoms with Crippen molar-refractivity contribution in [2.75, 3.05) is 6.54 Å². The summed E-state index contributed by atoms with van der Waals surface area (Å²) in [6, 6.07) is 12.7. The summed E-state index contributed by atoms with van der Waals surface area (Å²) in [5.41, 5.74) is 1.17. The van der Waals surface area contributed by atoms with Gasteiger partial charge in [-0.15, -0.1) is 0 Å². The molecule has 1 N–H and O–H groups in total. The van der Waals surface area contributed by atoms with Gasteiger partial charge in [0.1, 0.15) is 24.7 Å². The number of phenols is 1. The number of esters is 1. The van der Waals surface area contributed by atoms with Crippen molar-refractivity contribution < 1.29 is 24.2 Å². The number of carbonyl (C=O) groups is 3. The molecule has 6 nitrogen and oxygen atoms in total. The van der Waals surface area contributed by atoms with Crippen LogP contribution in [-0.2, 0) is 16.1 Å². The van der Waals surface area contributed by atoms with E-state index in [4.69, 9.17) is 4.74 Å². The molecular formula is C20H19NO5. The molecule has 1 saturated heterocycles. The molecule has 1 fully saturated rings. The van der Waals surface area contributed by atoms with Gasteiger partial charge in [0.15, 0.2) is 0 Å². The third kappa shape index (κ3) is 3.74. The van der Waals surface area contributed by atoms with Crippen LogP contribution in [0.1, 0.15) is 39.1 Å². The molecule has 2 aromatic carbocycles. The molecule has 0 saturated carbocycles. The molecule has 0 aliphatic carbocycles. The maximum atomic E-state index is 12.8. The highest BCUT2D eigenvalue weighted by atomic mass is 16.5. The highest BCUT2D eigenvalue weighted by Gasteiger charge is 2.36. The van der Waals surface area contributed by atoms with E-state index >= 15 is 0 Å². The Bertz CT molecular complexity index is 818. The maximum absolute atomic E-state index is 12.8. The second kappa shape index (κ2) is 7.82. The average Bonchev–Trinajstić information content (AvgIpc) is 3.17. The zero-order chi connectivity index (χ0) is 18.5. The Labute approximate surface area is 151 Å². The lowest BCUT2D eigenvalue weighted by molar-refractivity contribution is -0.149. The smallest absolute Gasteiger partial charge is 0.329 e. The van der Waals surface area contributed by atoms with Gasteiger partial charge in [0, 0.05) is 12.1 Å². The molecule has 26 heavy (non-hydrogen) atoms. The summed E-state index contributed by atoms with van der Waals surface area (Å²) < 4.78 is 5.35. The quantitative estimate of drug-likeness (QED) is 0.660. The number of amides is 1. The average molecular weight is 353 g/mol. The molecular weight excluding hydrogens is 334 g/mol. The molecule has 0 radical (unpaired) electrons. The highest BCUT2D eigenvalue weighted by Crippen LogP contribution is 2.26. The number of rotatable bonds is 5. The number of hydrogen-bond donors (Lipinski definition) is 1. The van der Waals surface area contributed by atoms with Gasteiger partial charge < -0.3 is 14.7 Å². The molecule has 6 heteroatoms. The fourth-order valence-corrected chi connectivity index (χ4v) is 3.03. The van der Waals surface area contributed by atoms with Gasteiger partial charge >= 0.3 is 5.97 Å². The Kier molecular flexibility index (Phi) is 5.31. The van der Waals surface area contributed by atoms with Crippen LogP contribution in [0.25, 0.3) is 0 Å². The topological polar surface area (TPSA) is 83.9 Å². The van der Waals surface area contributed by atoms with Crippen molar-refractivity contribution in [3.63, 3.8) is 0 Å². The summed E-state index contributed by atoms with van der Waals surface area (Å²) in [7, 11) is 0. The monoisotopic (exact) mass is 353 g/mol. The molecule has 1 amide bonds. The molecule has 0 aromatic heterocycles. The van der Waals surface area contributed by atoms with Crippen LogP contribution in [-0.4, -0.2) is 40.8 Å². The predicted octanol–water partition coefficient (Wildman–Crippen LogP) is 2.55. The van der Waals surface area contributed by atoms with E-state index in [9.17, 15) is 19.5 Å². The van der Waals surface area contributed by atoms with Crippen molar-refractivity contribution in [1.29, 1.82) is 0 Å². The Hall–Kier alpha value is -3.15. The summed E-state index contributed by atoms with van der Waals surface area (Å²) in [6.07, 6.45) is 1.78. The van der Waals surface area contributed by atoms with Crippen molar-refractivity contribution in [2.45, 2.75) is 25.5 Å². The fourth-order valence-electron chi connectivity index (χ4n) is 3.03. The number of ether oxygens (including phenoxy) is 1. The normalized spacial score (nSPS) is 16.3. The van der Waals surface area contributed by atoms with E-state index in [1.807, 2.05) is 30.3 Å². The van der Waals surface area contributed by atoms with Gasteiger partial charge in [-0.3, -0.25) is 9.59 Å². The molecule has 1 aliphatic heterocycles. The summed E-state index contributed by atoms with van der Waals surface area (Å²) in [5, 5.41) is 9.96. The third-order valence-corrected chi connectivity index (χ3v) is 4.40. The van der Waals surface area contributed by atoms with Gasteiger partial charge in [0.25, 0.3) is 5.91 Å². The first-order chi connectivity index (χ1) is 12.6. The number of aldehydes is 1. The van der Waals surface area contributed by atoms with Crippen molar-refractivity contribution in [3.05, 3.63) is 65.2 Å². The fraction of sp³-hybridized carbons (Fsp3) is 0.250. The van der Waals surface area contributed by atoms with Crippen LogP contribution in [0.3, 0.4) is 0 Å². The Balaban J connectivity index is 1.72. The van der Waals surface area contributed by atoms with Crippen molar-refractivity contribution in [1.82, 2.24) is 4.90 Å². The molecule has 3 rings (SSSR count). The second-order valence-electron chi connectivity index (χ2n) is 6.14. The lowest BCUT2D eigenvalue weighted by Gasteiger charge is -2.23. The zero-order valence-corrected chi connectivity index (χ0v) is 14.1. The van der Waals surface area contributed by atoms with Crippen molar-refractivity contribution in [2.24, 2.45) is 0 Å². The number of benzene rings is 2. The lowest BCUT2D eigenvalue weighted by atomic mass is 10.1. The van der Waals surface area contributed by atoms with Crippen LogP contribution in [0, 0.1) is 0 Å². The molecule has 1 aliphatic rings. The number of carbonyl (C=O) groups excluding carboxylic acids is 3. The maximum Gasteiger partial charge on any atom is 0.329 e. The van der Waals surface area contributed by atoms with Gasteiger partial charge in [0.2, 0.25) is 0 Å². The van der Waals surface area contributed by atoms with Gasteiger partial charge in [-0.25, -0.2) is 4.79 Å². The Morgan fingerprint density at radius 2 is 1.96 bits per heavy atom. The number of aromatic hydroxyl groups is 1. The van der Waals surface area contributed by atoms with Crippen LogP contribution in [0.5, 0.6) is 5.75 Å². The highest BCUT2D eigenvalue weighted by molar-refractivity contribution is 6.00. The summed E-state index contributed by atoms with van der Waals surface area (Å²) in [6.45, 7) is 0.540. The number of hydrogen-bond acceptors (Lipinski definition) is 5. The van der Waals surface area contributed by atoms with Gasteiger partial charge in [-0.1, -0.05) is 30.3 Å². The minimum Gasteiger partial charge on any atom is -0.507 e. The second-order valence-corrected chi connectivity index (χ2v) is 6.14. The standard InChI is InChI=1S/C20H19NO5/c22-12-15-8-9-18(23)16(11-15)19(24)21-10-4-7-17(21)20(25)26-13-14-5-2-1-3-6-14/h1-3,5-6,8-9,11-12,17,23H,4,7,10,13H2/t17-/m0/s1. The molecule has 1 atom stereocenters. The zero-order valence-electron chi connectivity index (χ0n) is 14.1. The Morgan fingerprint density at radius 1 is 1.19 bits per heavy atom. The molecule has 2 aromatic rings. The van der Waals surface area contributed by atoms with Crippen LogP contribution in [0.15, 0.2) is 48.5 Å². The SMILES string of the molecule is O=Cc1ccc(O)c(C(=O)N2CCC[C@H]2C(=O)OCc2ccccc2)c1. The summed E-state index contributed by atoms with van der Waals surface area (Å²) in [5.74, 6) is -1.17.